The predicted octanol–water partition coefficient (Wildman–Crippen LogP) is 1.98. The molecule has 1 unspecified atom stereocenters. The van der Waals surface area contributed by atoms with Gasteiger partial charge in [0.05, 0.1) is 19.3 Å². The standard InChI is InChI=1S/C13H23NO3/c1-3-13(15)12-5-7-14(11-12)6-4-8-17-10-9-16-2/h5,7,11,13,15H,3-4,6,8-10H2,1-2H3. The van der Waals surface area contributed by atoms with Crippen molar-refractivity contribution in [2.24, 2.45) is 0 Å². The fourth-order valence-electron chi connectivity index (χ4n) is 1.62. The number of aliphatic hydroxyl groups is 1. The molecule has 17 heavy (non-hydrogen) atoms. The first-order valence-electron chi connectivity index (χ1n) is 6.18. The Kier molecular flexibility index (Phi) is 6.93. The van der Waals surface area contributed by atoms with E-state index in [9.17, 15) is 5.11 Å². The van der Waals surface area contributed by atoms with Crippen LogP contribution in [0.2, 0.25) is 0 Å². The molecule has 1 rings (SSSR count). The fraction of sp³-hybridized carbons (Fsp3) is 0.692. The molecule has 4 heteroatoms. The van der Waals surface area contributed by atoms with Gasteiger partial charge in [-0.1, -0.05) is 6.92 Å². The third-order valence-corrected chi connectivity index (χ3v) is 2.68. The van der Waals surface area contributed by atoms with E-state index >= 15 is 0 Å². The second-order valence-electron chi connectivity index (χ2n) is 4.07. The van der Waals surface area contributed by atoms with E-state index in [1.807, 2.05) is 25.4 Å². The van der Waals surface area contributed by atoms with Gasteiger partial charge in [-0.25, -0.2) is 0 Å². The van der Waals surface area contributed by atoms with Gasteiger partial charge in [0.2, 0.25) is 0 Å². The highest BCUT2D eigenvalue weighted by atomic mass is 16.5. The number of nitrogens with zero attached hydrogens (tertiary/aromatic N) is 1. The minimum absolute atomic E-state index is 0.339. The summed E-state index contributed by atoms with van der Waals surface area (Å²) in [5.74, 6) is 0. The van der Waals surface area contributed by atoms with Crippen molar-refractivity contribution in [1.29, 1.82) is 0 Å². The molecule has 0 aliphatic rings. The van der Waals surface area contributed by atoms with Gasteiger partial charge in [-0.15, -0.1) is 0 Å². The van der Waals surface area contributed by atoms with Gasteiger partial charge in [-0.05, 0) is 24.5 Å². The summed E-state index contributed by atoms with van der Waals surface area (Å²) in [6, 6.07) is 1.97. The van der Waals surface area contributed by atoms with E-state index in [1.54, 1.807) is 7.11 Å². The van der Waals surface area contributed by atoms with Crippen LogP contribution in [-0.4, -0.2) is 36.6 Å². The Bertz CT molecular complexity index is 299. The quantitative estimate of drug-likeness (QED) is 0.672. The third-order valence-electron chi connectivity index (χ3n) is 2.68. The van der Waals surface area contributed by atoms with Gasteiger partial charge in [-0.3, -0.25) is 0 Å². The first kappa shape index (κ1) is 14.2. The minimum Gasteiger partial charge on any atom is -0.388 e. The van der Waals surface area contributed by atoms with E-state index in [1.165, 1.54) is 0 Å². The van der Waals surface area contributed by atoms with Crippen molar-refractivity contribution < 1.29 is 14.6 Å². The van der Waals surface area contributed by atoms with Crippen LogP contribution in [0.4, 0.5) is 0 Å². The molecule has 1 aromatic rings. The molecule has 0 fully saturated rings. The largest absolute Gasteiger partial charge is 0.388 e. The summed E-state index contributed by atoms with van der Waals surface area (Å²) in [7, 11) is 1.67. The van der Waals surface area contributed by atoms with E-state index < -0.39 is 0 Å². The van der Waals surface area contributed by atoms with E-state index in [0.29, 0.717) is 13.2 Å². The summed E-state index contributed by atoms with van der Waals surface area (Å²) >= 11 is 0. The predicted molar refractivity (Wildman–Crippen MR) is 67.0 cm³/mol. The van der Waals surface area contributed by atoms with Crippen molar-refractivity contribution in [2.75, 3.05) is 26.9 Å². The minimum atomic E-state index is -0.339. The van der Waals surface area contributed by atoms with Crippen molar-refractivity contribution in [3.8, 4) is 0 Å². The molecule has 0 aliphatic heterocycles. The van der Waals surface area contributed by atoms with Crippen LogP contribution in [0.15, 0.2) is 18.5 Å². The molecule has 0 amide bonds. The highest BCUT2D eigenvalue weighted by molar-refractivity contribution is 5.13. The topological polar surface area (TPSA) is 43.6 Å². The number of rotatable bonds is 9. The van der Waals surface area contributed by atoms with Crippen molar-refractivity contribution in [3.05, 3.63) is 24.0 Å². The van der Waals surface area contributed by atoms with Crippen LogP contribution in [0.5, 0.6) is 0 Å². The maximum Gasteiger partial charge on any atom is 0.0802 e. The Morgan fingerprint density at radius 1 is 1.35 bits per heavy atom. The summed E-state index contributed by atoms with van der Waals surface area (Å²) in [5, 5.41) is 9.66. The van der Waals surface area contributed by atoms with Gasteiger partial charge < -0.3 is 19.1 Å². The number of aryl methyl sites for hydroxylation is 1. The van der Waals surface area contributed by atoms with Crippen molar-refractivity contribution >= 4 is 0 Å². The zero-order chi connectivity index (χ0) is 12.5. The van der Waals surface area contributed by atoms with Crippen molar-refractivity contribution in [3.63, 3.8) is 0 Å². The van der Waals surface area contributed by atoms with Crippen LogP contribution in [-0.2, 0) is 16.0 Å². The molecule has 1 N–H and O–H groups in total. The second-order valence-corrected chi connectivity index (χ2v) is 4.07. The van der Waals surface area contributed by atoms with Gasteiger partial charge in [0.15, 0.2) is 0 Å². The zero-order valence-corrected chi connectivity index (χ0v) is 10.8. The summed E-state index contributed by atoms with van der Waals surface area (Å²) in [6.07, 6.45) is 5.39. The maximum absolute atomic E-state index is 9.66. The lowest BCUT2D eigenvalue weighted by Crippen LogP contribution is -2.05. The molecule has 1 heterocycles. The normalized spacial score (nSPS) is 12.9. The summed E-state index contributed by atoms with van der Waals surface area (Å²) < 4.78 is 12.4. The maximum atomic E-state index is 9.66. The molecule has 0 aliphatic carbocycles. The third kappa shape index (κ3) is 5.35. The highest BCUT2D eigenvalue weighted by Gasteiger charge is 2.05. The average molecular weight is 241 g/mol. The van der Waals surface area contributed by atoms with Gasteiger partial charge in [0.25, 0.3) is 0 Å². The van der Waals surface area contributed by atoms with Gasteiger partial charge in [-0.2, -0.15) is 0 Å². The lowest BCUT2D eigenvalue weighted by Gasteiger charge is -2.06. The molecule has 1 atom stereocenters. The molecule has 98 valence electrons. The fourth-order valence-corrected chi connectivity index (χ4v) is 1.62. The van der Waals surface area contributed by atoms with E-state index in [4.69, 9.17) is 9.47 Å². The summed E-state index contributed by atoms with van der Waals surface area (Å²) in [5.41, 5.74) is 0.993. The summed E-state index contributed by atoms with van der Waals surface area (Å²) in [6.45, 7) is 4.95. The summed E-state index contributed by atoms with van der Waals surface area (Å²) in [4.78, 5) is 0. The Labute approximate surface area is 103 Å². The van der Waals surface area contributed by atoms with Crippen LogP contribution in [0, 0.1) is 0 Å². The Balaban J connectivity index is 2.16. The smallest absolute Gasteiger partial charge is 0.0802 e. The van der Waals surface area contributed by atoms with E-state index in [0.717, 1.165) is 31.6 Å². The Morgan fingerprint density at radius 3 is 2.88 bits per heavy atom. The van der Waals surface area contributed by atoms with Crippen LogP contribution in [0.3, 0.4) is 0 Å². The van der Waals surface area contributed by atoms with E-state index in [-0.39, 0.29) is 6.10 Å². The number of hydrogen-bond donors (Lipinski definition) is 1. The second kappa shape index (κ2) is 8.28. The molecule has 0 saturated heterocycles. The number of aromatic nitrogens is 1. The molecule has 4 nitrogen and oxygen atoms in total. The molecule has 0 bridgehead atoms. The molecule has 0 aromatic carbocycles. The lowest BCUT2D eigenvalue weighted by molar-refractivity contribution is 0.0680. The molecule has 0 spiro atoms. The highest BCUT2D eigenvalue weighted by Crippen LogP contribution is 2.16. The lowest BCUT2D eigenvalue weighted by atomic mass is 10.1. The number of methoxy groups -OCH3 is 1. The monoisotopic (exact) mass is 241 g/mol. The molecule has 1 aromatic heterocycles. The van der Waals surface area contributed by atoms with E-state index in [2.05, 4.69) is 4.57 Å². The number of hydrogen-bond acceptors (Lipinski definition) is 3. The molecule has 0 saturated carbocycles. The molecular formula is C13H23NO3. The van der Waals surface area contributed by atoms with Crippen LogP contribution in [0.25, 0.3) is 0 Å². The first-order chi connectivity index (χ1) is 8.27. The average Bonchev–Trinajstić information content (AvgIpc) is 2.81. The Hall–Kier alpha value is -0.840. The van der Waals surface area contributed by atoms with Gasteiger partial charge >= 0.3 is 0 Å². The van der Waals surface area contributed by atoms with Gasteiger partial charge in [0.1, 0.15) is 0 Å². The molecule has 0 radical (unpaired) electrons. The van der Waals surface area contributed by atoms with Crippen LogP contribution < -0.4 is 0 Å². The number of ether oxygens (including phenoxy) is 2. The van der Waals surface area contributed by atoms with Crippen molar-refractivity contribution in [1.82, 2.24) is 4.57 Å². The van der Waals surface area contributed by atoms with Crippen LogP contribution in [0.1, 0.15) is 31.4 Å². The van der Waals surface area contributed by atoms with Crippen molar-refractivity contribution in [2.45, 2.75) is 32.4 Å². The number of aliphatic hydroxyl groups excluding tert-OH is 1. The Morgan fingerprint density at radius 2 is 2.18 bits per heavy atom. The van der Waals surface area contributed by atoms with Gasteiger partial charge in [0, 0.05) is 32.7 Å². The van der Waals surface area contributed by atoms with Crippen LogP contribution >= 0.6 is 0 Å². The SMILES string of the molecule is CCC(O)c1ccn(CCCOCCOC)c1. The zero-order valence-electron chi connectivity index (χ0n) is 10.8. The first-order valence-corrected chi connectivity index (χ1v) is 6.18. The molecular weight excluding hydrogens is 218 g/mol.